The Kier molecular flexibility index (Phi) is 8.57. The van der Waals surface area contributed by atoms with E-state index in [4.69, 9.17) is 11.6 Å². The minimum absolute atomic E-state index is 0.0299. The molecule has 1 saturated carbocycles. The topological polar surface area (TPSA) is 102 Å². The summed E-state index contributed by atoms with van der Waals surface area (Å²) in [6.07, 6.45) is 7.24. The molecule has 1 aliphatic carbocycles. The van der Waals surface area contributed by atoms with Crippen LogP contribution in [0.1, 0.15) is 53.6 Å². The van der Waals surface area contributed by atoms with Gasteiger partial charge in [-0.15, -0.1) is 0 Å². The SMILES string of the molecule is O=C(N/N=C/c1ccc(CC(=O)N(CCO)C2CCCCC2)c2ccccc12)c1ccc(O)c(Cl)c1. The predicted molar refractivity (Wildman–Crippen MR) is 142 cm³/mol. The summed E-state index contributed by atoms with van der Waals surface area (Å²) in [6, 6.07) is 16.0. The fourth-order valence-corrected chi connectivity index (χ4v) is 4.98. The zero-order valence-electron chi connectivity index (χ0n) is 20.0. The third-order valence-electron chi connectivity index (χ3n) is 6.65. The lowest BCUT2D eigenvalue weighted by Crippen LogP contribution is -2.43. The molecule has 3 N–H and O–H groups in total. The van der Waals surface area contributed by atoms with Crippen LogP contribution >= 0.6 is 11.6 Å². The number of phenols is 1. The van der Waals surface area contributed by atoms with Gasteiger partial charge in [-0.1, -0.05) is 67.3 Å². The third kappa shape index (κ3) is 6.04. The summed E-state index contributed by atoms with van der Waals surface area (Å²) in [5, 5.41) is 25.1. The number of halogens is 1. The standard InChI is InChI=1S/C28H30ClN3O4/c29-25-16-20(12-13-26(25)34)28(36)31-30-18-21-11-10-19(23-8-4-5-9-24(21)23)17-27(35)32(14-15-33)22-6-2-1-3-7-22/h4-5,8-13,16,18,22,33-34H,1-3,6-7,14-15,17H2,(H,31,36)/b30-18+. The second-order valence-corrected chi connectivity index (χ2v) is 9.41. The van der Waals surface area contributed by atoms with E-state index < -0.39 is 5.91 Å². The summed E-state index contributed by atoms with van der Waals surface area (Å²) in [7, 11) is 0. The van der Waals surface area contributed by atoms with E-state index in [0.717, 1.165) is 47.6 Å². The number of carbonyl (C=O) groups excluding carboxylic acids is 2. The number of rotatable bonds is 8. The molecule has 0 heterocycles. The van der Waals surface area contributed by atoms with E-state index in [1.165, 1.54) is 24.6 Å². The molecular formula is C28H30ClN3O4. The highest BCUT2D eigenvalue weighted by atomic mass is 35.5. The zero-order valence-corrected chi connectivity index (χ0v) is 20.7. The molecule has 0 radical (unpaired) electrons. The Bertz CT molecular complexity index is 1270. The van der Waals surface area contributed by atoms with E-state index in [1.54, 1.807) is 6.21 Å². The van der Waals surface area contributed by atoms with Gasteiger partial charge in [0.25, 0.3) is 5.91 Å². The number of phenolic OH excluding ortho intramolecular Hbond substituents is 1. The second kappa shape index (κ2) is 12.0. The molecule has 3 aromatic rings. The number of aromatic hydroxyl groups is 1. The average Bonchev–Trinajstić information content (AvgIpc) is 2.90. The van der Waals surface area contributed by atoms with E-state index >= 15 is 0 Å². The Labute approximate surface area is 215 Å². The number of carbonyl (C=O) groups is 2. The van der Waals surface area contributed by atoms with Crippen molar-refractivity contribution in [2.24, 2.45) is 5.10 Å². The van der Waals surface area contributed by atoms with E-state index in [1.807, 2.05) is 41.3 Å². The number of nitrogens with one attached hydrogen (secondary N) is 1. The molecule has 0 saturated heterocycles. The molecule has 1 aliphatic rings. The van der Waals surface area contributed by atoms with Gasteiger partial charge in [0.05, 0.1) is 24.3 Å². The van der Waals surface area contributed by atoms with Crippen molar-refractivity contribution in [2.75, 3.05) is 13.2 Å². The van der Waals surface area contributed by atoms with Crippen LogP contribution in [0.5, 0.6) is 5.75 Å². The molecular weight excluding hydrogens is 478 g/mol. The van der Waals surface area contributed by atoms with Gasteiger partial charge in [-0.3, -0.25) is 9.59 Å². The van der Waals surface area contributed by atoms with Crippen molar-refractivity contribution in [3.05, 3.63) is 76.3 Å². The van der Waals surface area contributed by atoms with Gasteiger partial charge in [-0.25, -0.2) is 5.43 Å². The number of aliphatic hydroxyl groups is 1. The van der Waals surface area contributed by atoms with Gasteiger partial charge < -0.3 is 15.1 Å². The molecule has 0 spiro atoms. The first-order valence-electron chi connectivity index (χ1n) is 12.2. The Hall–Kier alpha value is -3.42. The molecule has 188 valence electrons. The minimum atomic E-state index is -0.452. The van der Waals surface area contributed by atoms with Crippen LogP contribution in [-0.4, -0.2) is 52.3 Å². The predicted octanol–water partition coefficient (Wildman–Crippen LogP) is 4.66. The Balaban J connectivity index is 1.51. The van der Waals surface area contributed by atoms with Crippen molar-refractivity contribution in [3.8, 4) is 5.75 Å². The highest BCUT2D eigenvalue weighted by Crippen LogP contribution is 2.26. The molecule has 0 bridgehead atoms. The summed E-state index contributed by atoms with van der Waals surface area (Å²) >= 11 is 5.88. The summed E-state index contributed by atoms with van der Waals surface area (Å²) in [4.78, 5) is 27.5. The van der Waals surface area contributed by atoms with Crippen molar-refractivity contribution < 1.29 is 19.8 Å². The van der Waals surface area contributed by atoms with E-state index in [2.05, 4.69) is 10.5 Å². The Morgan fingerprint density at radius 3 is 2.53 bits per heavy atom. The van der Waals surface area contributed by atoms with E-state index in [-0.39, 0.29) is 41.3 Å². The van der Waals surface area contributed by atoms with Crippen molar-refractivity contribution >= 4 is 40.4 Å². The smallest absolute Gasteiger partial charge is 0.271 e. The number of hydrogen-bond donors (Lipinski definition) is 3. The number of amides is 2. The average molecular weight is 508 g/mol. The summed E-state index contributed by atoms with van der Waals surface area (Å²) in [6.45, 7) is 0.318. The minimum Gasteiger partial charge on any atom is -0.506 e. The third-order valence-corrected chi connectivity index (χ3v) is 6.95. The largest absolute Gasteiger partial charge is 0.506 e. The number of fused-ring (bicyclic) bond motifs is 1. The Morgan fingerprint density at radius 1 is 1.06 bits per heavy atom. The maximum Gasteiger partial charge on any atom is 0.271 e. The van der Waals surface area contributed by atoms with Gasteiger partial charge in [-0.05, 0) is 47.4 Å². The molecule has 36 heavy (non-hydrogen) atoms. The van der Waals surface area contributed by atoms with Crippen LogP contribution in [0.2, 0.25) is 5.02 Å². The fraction of sp³-hybridized carbons (Fsp3) is 0.321. The van der Waals surface area contributed by atoms with Gasteiger partial charge in [0, 0.05) is 23.7 Å². The summed E-state index contributed by atoms with van der Waals surface area (Å²) < 4.78 is 0. The molecule has 2 amide bonds. The molecule has 0 unspecified atom stereocenters. The van der Waals surface area contributed by atoms with Crippen molar-refractivity contribution in [1.29, 1.82) is 0 Å². The lowest BCUT2D eigenvalue weighted by Gasteiger charge is -2.34. The highest BCUT2D eigenvalue weighted by Gasteiger charge is 2.25. The van der Waals surface area contributed by atoms with Gasteiger partial charge in [0.1, 0.15) is 5.75 Å². The van der Waals surface area contributed by atoms with Crippen LogP contribution in [0, 0.1) is 0 Å². The maximum absolute atomic E-state index is 13.3. The van der Waals surface area contributed by atoms with Crippen LogP contribution in [0.25, 0.3) is 10.8 Å². The van der Waals surface area contributed by atoms with Crippen LogP contribution < -0.4 is 5.43 Å². The first-order valence-corrected chi connectivity index (χ1v) is 12.6. The summed E-state index contributed by atoms with van der Waals surface area (Å²) in [5.74, 6) is -0.520. The molecule has 0 aliphatic heterocycles. The van der Waals surface area contributed by atoms with Gasteiger partial charge in [0.2, 0.25) is 5.91 Å². The second-order valence-electron chi connectivity index (χ2n) is 9.00. The van der Waals surface area contributed by atoms with E-state index in [0.29, 0.717) is 6.54 Å². The van der Waals surface area contributed by atoms with Gasteiger partial charge in [-0.2, -0.15) is 5.10 Å². The number of hydrazone groups is 1. The van der Waals surface area contributed by atoms with Crippen molar-refractivity contribution in [3.63, 3.8) is 0 Å². The normalized spacial score (nSPS) is 14.3. The first-order chi connectivity index (χ1) is 17.5. The van der Waals surface area contributed by atoms with Crippen molar-refractivity contribution in [2.45, 2.75) is 44.6 Å². The number of aliphatic hydroxyl groups excluding tert-OH is 1. The molecule has 0 atom stereocenters. The van der Waals surface area contributed by atoms with Crippen LogP contribution in [0.3, 0.4) is 0 Å². The van der Waals surface area contributed by atoms with Crippen molar-refractivity contribution in [1.82, 2.24) is 10.3 Å². The maximum atomic E-state index is 13.3. The zero-order chi connectivity index (χ0) is 25.5. The molecule has 4 rings (SSSR count). The lowest BCUT2D eigenvalue weighted by molar-refractivity contribution is -0.134. The Morgan fingerprint density at radius 2 is 1.81 bits per heavy atom. The van der Waals surface area contributed by atoms with Crippen LogP contribution in [0.15, 0.2) is 59.7 Å². The number of nitrogens with zero attached hydrogens (tertiary/aromatic N) is 2. The molecule has 8 heteroatoms. The molecule has 3 aromatic carbocycles. The van der Waals surface area contributed by atoms with Gasteiger partial charge in [0.15, 0.2) is 0 Å². The fourth-order valence-electron chi connectivity index (χ4n) is 4.80. The van der Waals surface area contributed by atoms with Crippen LogP contribution in [-0.2, 0) is 11.2 Å². The van der Waals surface area contributed by atoms with Gasteiger partial charge >= 0.3 is 0 Å². The highest BCUT2D eigenvalue weighted by molar-refractivity contribution is 6.32. The first kappa shape index (κ1) is 25.7. The van der Waals surface area contributed by atoms with Crippen LogP contribution in [0.4, 0.5) is 0 Å². The molecule has 1 fully saturated rings. The van der Waals surface area contributed by atoms with E-state index in [9.17, 15) is 19.8 Å². The lowest BCUT2D eigenvalue weighted by atomic mass is 9.93. The quantitative estimate of drug-likeness (QED) is 0.305. The summed E-state index contributed by atoms with van der Waals surface area (Å²) in [5.41, 5.74) is 4.46. The number of benzene rings is 3. The monoisotopic (exact) mass is 507 g/mol. The number of hydrogen-bond acceptors (Lipinski definition) is 5. The molecule has 0 aromatic heterocycles. The molecule has 7 nitrogen and oxygen atoms in total.